The molecule has 0 aliphatic carbocycles. The molecule has 0 saturated carbocycles. The Bertz CT molecular complexity index is 748. The smallest absolute Gasteiger partial charge is 0.313 e. The van der Waals surface area contributed by atoms with Crippen molar-refractivity contribution in [3.63, 3.8) is 0 Å². The number of hydrogen-bond acceptors (Lipinski definition) is 5. The van der Waals surface area contributed by atoms with E-state index in [1.165, 1.54) is 7.11 Å². The number of fused-ring (bicyclic) bond motifs is 1. The van der Waals surface area contributed by atoms with E-state index in [0.717, 1.165) is 10.8 Å². The second-order valence-corrected chi connectivity index (χ2v) is 4.98. The number of benzene rings is 2. The predicted octanol–water partition coefficient (Wildman–Crippen LogP) is 2.94. The predicted molar refractivity (Wildman–Crippen MR) is 85.7 cm³/mol. The molecular formula is C18H18O5. The van der Waals surface area contributed by atoms with Crippen LogP contribution in [0.15, 0.2) is 36.4 Å². The van der Waals surface area contributed by atoms with Gasteiger partial charge in [-0.2, -0.15) is 0 Å². The minimum absolute atomic E-state index is 0.358. The van der Waals surface area contributed by atoms with Gasteiger partial charge in [-0.05, 0) is 23.8 Å². The Morgan fingerprint density at radius 3 is 2.43 bits per heavy atom. The lowest BCUT2D eigenvalue weighted by molar-refractivity contribution is -0.143. The first-order chi connectivity index (χ1) is 11.1. The van der Waals surface area contributed by atoms with Gasteiger partial charge in [-0.25, -0.2) is 0 Å². The van der Waals surface area contributed by atoms with E-state index >= 15 is 0 Å². The van der Waals surface area contributed by atoms with Crippen LogP contribution in [0.3, 0.4) is 0 Å². The van der Waals surface area contributed by atoms with E-state index in [2.05, 4.69) is 4.74 Å². The number of ether oxygens (including phenoxy) is 2. The highest BCUT2D eigenvalue weighted by atomic mass is 16.5. The largest absolute Gasteiger partial charge is 0.493 e. The summed E-state index contributed by atoms with van der Waals surface area (Å²) < 4.78 is 9.97. The molecule has 0 unspecified atom stereocenters. The Morgan fingerprint density at radius 2 is 1.74 bits per heavy atom. The van der Waals surface area contributed by atoms with Crippen LogP contribution in [0.1, 0.15) is 30.1 Å². The molecule has 120 valence electrons. The molecule has 0 bridgehead atoms. The SMILES string of the molecule is CCOc1ccc2ccccc2c1C(=O)CC(=O)CC(=O)OC. The lowest BCUT2D eigenvalue weighted by Crippen LogP contribution is -2.14. The molecule has 5 nitrogen and oxygen atoms in total. The zero-order chi connectivity index (χ0) is 16.8. The standard InChI is InChI=1S/C18H18O5/c1-3-23-16-9-8-12-6-4-5-7-14(12)18(16)15(20)10-13(19)11-17(21)22-2/h4-9H,3,10-11H2,1-2H3. The average molecular weight is 314 g/mol. The zero-order valence-corrected chi connectivity index (χ0v) is 13.1. The van der Waals surface area contributed by atoms with Gasteiger partial charge in [0.2, 0.25) is 0 Å². The van der Waals surface area contributed by atoms with E-state index in [1.807, 2.05) is 37.3 Å². The Kier molecular flexibility index (Phi) is 5.46. The summed E-state index contributed by atoms with van der Waals surface area (Å²) >= 11 is 0. The fraction of sp³-hybridized carbons (Fsp3) is 0.278. The van der Waals surface area contributed by atoms with Crippen LogP contribution < -0.4 is 4.74 Å². The summed E-state index contributed by atoms with van der Waals surface area (Å²) in [5.74, 6) is -1.04. The number of ketones is 2. The molecule has 0 N–H and O–H groups in total. The molecule has 0 aromatic heterocycles. The van der Waals surface area contributed by atoms with Gasteiger partial charge in [-0.1, -0.05) is 30.3 Å². The Labute approximate surface area is 134 Å². The van der Waals surface area contributed by atoms with E-state index < -0.39 is 18.2 Å². The zero-order valence-electron chi connectivity index (χ0n) is 13.1. The molecular weight excluding hydrogens is 296 g/mol. The van der Waals surface area contributed by atoms with E-state index in [-0.39, 0.29) is 12.2 Å². The van der Waals surface area contributed by atoms with Crippen molar-refractivity contribution in [2.45, 2.75) is 19.8 Å². The molecule has 0 amide bonds. The van der Waals surface area contributed by atoms with Gasteiger partial charge in [0, 0.05) is 0 Å². The highest BCUT2D eigenvalue weighted by Gasteiger charge is 2.21. The van der Waals surface area contributed by atoms with Gasteiger partial charge in [-0.3, -0.25) is 14.4 Å². The molecule has 0 atom stereocenters. The Balaban J connectivity index is 2.36. The number of rotatable bonds is 7. The van der Waals surface area contributed by atoms with E-state index in [0.29, 0.717) is 17.9 Å². The van der Waals surface area contributed by atoms with Gasteiger partial charge in [-0.15, -0.1) is 0 Å². The summed E-state index contributed by atoms with van der Waals surface area (Å²) in [5, 5.41) is 1.62. The number of esters is 1. The van der Waals surface area contributed by atoms with Crippen molar-refractivity contribution >= 4 is 28.3 Å². The molecule has 5 heteroatoms. The minimum Gasteiger partial charge on any atom is -0.493 e. The lowest BCUT2D eigenvalue weighted by atomic mass is 9.97. The number of carbonyl (C=O) groups is 3. The summed E-state index contributed by atoms with van der Waals surface area (Å²) in [6.07, 6.45) is -0.764. The summed E-state index contributed by atoms with van der Waals surface area (Å²) in [6.45, 7) is 2.24. The molecule has 0 radical (unpaired) electrons. The molecule has 23 heavy (non-hydrogen) atoms. The van der Waals surface area contributed by atoms with Gasteiger partial charge < -0.3 is 9.47 Å². The highest BCUT2D eigenvalue weighted by molar-refractivity contribution is 6.17. The third-order valence-corrected chi connectivity index (χ3v) is 3.40. The number of carbonyl (C=O) groups excluding carboxylic acids is 3. The third-order valence-electron chi connectivity index (χ3n) is 3.40. The molecule has 0 aliphatic heterocycles. The van der Waals surface area contributed by atoms with Gasteiger partial charge >= 0.3 is 5.97 Å². The molecule has 0 fully saturated rings. The van der Waals surface area contributed by atoms with Crippen molar-refractivity contribution in [1.82, 2.24) is 0 Å². The first-order valence-electron chi connectivity index (χ1n) is 7.33. The average Bonchev–Trinajstić information content (AvgIpc) is 2.54. The third kappa shape index (κ3) is 3.94. The monoisotopic (exact) mass is 314 g/mol. The van der Waals surface area contributed by atoms with E-state index in [9.17, 15) is 14.4 Å². The molecule has 2 rings (SSSR count). The van der Waals surface area contributed by atoms with Crippen LogP contribution in [0.4, 0.5) is 0 Å². The maximum Gasteiger partial charge on any atom is 0.313 e. The van der Waals surface area contributed by atoms with Crippen LogP contribution in [-0.4, -0.2) is 31.3 Å². The topological polar surface area (TPSA) is 69.7 Å². The van der Waals surface area contributed by atoms with Crippen LogP contribution in [0.25, 0.3) is 10.8 Å². The molecule has 2 aromatic carbocycles. The molecule has 2 aromatic rings. The van der Waals surface area contributed by atoms with E-state index in [1.54, 1.807) is 6.07 Å². The normalized spacial score (nSPS) is 10.3. The fourth-order valence-corrected chi connectivity index (χ4v) is 2.38. The molecule has 0 spiro atoms. The van der Waals surface area contributed by atoms with Crippen molar-refractivity contribution in [2.75, 3.05) is 13.7 Å². The van der Waals surface area contributed by atoms with E-state index in [4.69, 9.17) is 4.74 Å². The second-order valence-electron chi connectivity index (χ2n) is 4.98. The number of Topliss-reactive ketones (excluding diaryl/α,β-unsaturated/α-hetero) is 2. The lowest BCUT2D eigenvalue weighted by Gasteiger charge is -2.12. The number of hydrogen-bond donors (Lipinski definition) is 0. The first kappa shape index (κ1) is 16.7. The van der Waals surface area contributed by atoms with Gasteiger partial charge in [0.05, 0.1) is 25.7 Å². The number of methoxy groups -OCH3 is 1. The van der Waals surface area contributed by atoms with Crippen LogP contribution in [0.2, 0.25) is 0 Å². The van der Waals surface area contributed by atoms with Gasteiger partial charge in [0.25, 0.3) is 0 Å². The van der Waals surface area contributed by atoms with Crippen molar-refractivity contribution in [1.29, 1.82) is 0 Å². The van der Waals surface area contributed by atoms with Crippen molar-refractivity contribution in [3.05, 3.63) is 42.0 Å². The van der Waals surface area contributed by atoms with Crippen LogP contribution in [-0.2, 0) is 14.3 Å². The molecule has 0 saturated heterocycles. The van der Waals surface area contributed by atoms with Gasteiger partial charge in [0.15, 0.2) is 11.6 Å². The Morgan fingerprint density at radius 1 is 1.00 bits per heavy atom. The van der Waals surface area contributed by atoms with Crippen LogP contribution >= 0.6 is 0 Å². The minimum atomic E-state index is -0.647. The highest BCUT2D eigenvalue weighted by Crippen LogP contribution is 2.29. The summed E-state index contributed by atoms with van der Waals surface area (Å²) in [6, 6.07) is 11.0. The van der Waals surface area contributed by atoms with Crippen molar-refractivity contribution < 1.29 is 23.9 Å². The quantitative estimate of drug-likeness (QED) is 0.446. The maximum atomic E-state index is 12.6. The van der Waals surface area contributed by atoms with Gasteiger partial charge in [0.1, 0.15) is 12.2 Å². The maximum absolute atomic E-state index is 12.6. The van der Waals surface area contributed by atoms with Crippen LogP contribution in [0, 0.1) is 0 Å². The fourth-order valence-electron chi connectivity index (χ4n) is 2.38. The van der Waals surface area contributed by atoms with Crippen LogP contribution in [0.5, 0.6) is 5.75 Å². The van der Waals surface area contributed by atoms with Crippen molar-refractivity contribution in [2.24, 2.45) is 0 Å². The summed E-state index contributed by atoms with van der Waals surface area (Å²) in [4.78, 5) is 35.6. The first-order valence-corrected chi connectivity index (χ1v) is 7.33. The second kappa shape index (κ2) is 7.54. The molecule has 0 aliphatic rings. The van der Waals surface area contributed by atoms with Crippen molar-refractivity contribution in [3.8, 4) is 5.75 Å². The summed E-state index contributed by atoms with van der Waals surface area (Å²) in [7, 11) is 1.20. The Hall–Kier alpha value is -2.69. The summed E-state index contributed by atoms with van der Waals surface area (Å²) in [5.41, 5.74) is 0.378. The molecule has 0 heterocycles.